The van der Waals surface area contributed by atoms with Crippen LogP contribution in [0.5, 0.6) is 0 Å². The van der Waals surface area contributed by atoms with Gasteiger partial charge in [0.15, 0.2) is 0 Å². The molecule has 0 aliphatic carbocycles. The zero-order chi connectivity index (χ0) is 33.5. The molecule has 1 heterocycles. The Labute approximate surface area is 294 Å². The van der Waals surface area contributed by atoms with Gasteiger partial charge in [0.2, 0.25) is 0 Å². The van der Waals surface area contributed by atoms with E-state index in [1.165, 1.54) is 87.2 Å². The van der Waals surface area contributed by atoms with Crippen LogP contribution in [0, 0.1) is 0 Å². The number of benzene rings is 10. The van der Waals surface area contributed by atoms with Crippen LogP contribution < -0.4 is 0 Å². The molecule has 51 heavy (non-hydrogen) atoms. The molecule has 0 atom stereocenters. The number of fused-ring (bicyclic) bond motifs is 11. The number of furan rings is 1. The van der Waals surface area contributed by atoms with Crippen molar-refractivity contribution >= 4 is 75.8 Å². The highest BCUT2D eigenvalue weighted by molar-refractivity contribution is 6.29. The summed E-state index contributed by atoms with van der Waals surface area (Å²) < 4.78 is 6.35. The van der Waals surface area contributed by atoms with Crippen LogP contribution in [0.4, 0.5) is 0 Å². The summed E-state index contributed by atoms with van der Waals surface area (Å²) in [6, 6.07) is 66.4. The van der Waals surface area contributed by atoms with Gasteiger partial charge in [-0.25, -0.2) is 0 Å². The summed E-state index contributed by atoms with van der Waals surface area (Å²) in [5.74, 6) is 0. The second-order valence-electron chi connectivity index (χ2n) is 13.6. The van der Waals surface area contributed by atoms with Crippen molar-refractivity contribution in [1.82, 2.24) is 0 Å². The first-order chi connectivity index (χ1) is 25.3. The van der Waals surface area contributed by atoms with Crippen LogP contribution in [0.15, 0.2) is 186 Å². The van der Waals surface area contributed by atoms with Crippen LogP contribution in [0.3, 0.4) is 0 Å². The monoisotopic (exact) mass is 646 g/mol. The van der Waals surface area contributed by atoms with E-state index in [1.807, 2.05) is 6.07 Å². The lowest BCUT2D eigenvalue weighted by Gasteiger charge is -2.19. The van der Waals surface area contributed by atoms with E-state index in [2.05, 4.69) is 176 Å². The quantitative estimate of drug-likeness (QED) is 0.138. The first-order valence-corrected chi connectivity index (χ1v) is 17.6. The fourth-order valence-corrected chi connectivity index (χ4v) is 8.54. The van der Waals surface area contributed by atoms with E-state index in [-0.39, 0.29) is 0 Å². The SMILES string of the molecule is c1ccc(-c2ccc(-c3c4ccccc4c(-c4ccc5c(c4)c4ccccc4c4cc6oc7ccccc7c6cc54)c4ccccc34)cc2)cc1. The van der Waals surface area contributed by atoms with Gasteiger partial charge in [0.05, 0.1) is 0 Å². The minimum Gasteiger partial charge on any atom is -0.456 e. The Hall–Kier alpha value is -6.70. The van der Waals surface area contributed by atoms with Gasteiger partial charge in [0.1, 0.15) is 11.2 Å². The third-order valence-corrected chi connectivity index (χ3v) is 10.8. The Kier molecular flexibility index (Phi) is 6.02. The second-order valence-corrected chi connectivity index (χ2v) is 13.6. The van der Waals surface area contributed by atoms with Crippen LogP contribution in [-0.4, -0.2) is 0 Å². The Morgan fingerprint density at radius 1 is 0.216 bits per heavy atom. The van der Waals surface area contributed by atoms with Crippen LogP contribution in [0.1, 0.15) is 0 Å². The number of rotatable bonds is 3. The number of para-hydroxylation sites is 1. The van der Waals surface area contributed by atoms with Crippen LogP contribution >= 0.6 is 0 Å². The topological polar surface area (TPSA) is 13.1 Å². The van der Waals surface area contributed by atoms with E-state index in [0.717, 1.165) is 21.9 Å². The van der Waals surface area contributed by atoms with Gasteiger partial charge in [-0.3, -0.25) is 0 Å². The van der Waals surface area contributed by atoms with Crippen molar-refractivity contribution in [3.05, 3.63) is 182 Å². The second kappa shape index (κ2) is 10.9. The standard InChI is InChI=1S/C50H30O/c1-2-12-31(13-3-1)32-22-24-33(25-23-32)49-39-17-6-8-19-41(39)50(42-20-9-7-18-40(42)49)34-26-27-37-43(28-34)35-14-4-5-15-36(35)45-30-48-46(29-44(37)45)38-16-10-11-21-47(38)51-48/h1-30H. The summed E-state index contributed by atoms with van der Waals surface area (Å²) in [7, 11) is 0. The van der Waals surface area contributed by atoms with Gasteiger partial charge in [-0.2, -0.15) is 0 Å². The Morgan fingerprint density at radius 3 is 1.29 bits per heavy atom. The van der Waals surface area contributed by atoms with Gasteiger partial charge in [0, 0.05) is 10.8 Å². The molecule has 236 valence electrons. The molecule has 0 saturated carbocycles. The van der Waals surface area contributed by atoms with Crippen molar-refractivity contribution in [1.29, 1.82) is 0 Å². The summed E-state index contributed by atoms with van der Waals surface area (Å²) in [4.78, 5) is 0. The van der Waals surface area contributed by atoms with Crippen molar-refractivity contribution in [2.45, 2.75) is 0 Å². The van der Waals surface area contributed by atoms with E-state index in [1.54, 1.807) is 0 Å². The third-order valence-electron chi connectivity index (χ3n) is 10.8. The molecule has 1 heteroatoms. The van der Waals surface area contributed by atoms with Gasteiger partial charge in [0.25, 0.3) is 0 Å². The maximum absolute atomic E-state index is 6.35. The van der Waals surface area contributed by atoms with Crippen molar-refractivity contribution in [2.75, 3.05) is 0 Å². The molecule has 0 N–H and O–H groups in total. The molecule has 0 fully saturated rings. The van der Waals surface area contributed by atoms with E-state index >= 15 is 0 Å². The molecule has 0 radical (unpaired) electrons. The molecule has 1 nitrogen and oxygen atoms in total. The zero-order valence-corrected chi connectivity index (χ0v) is 27.7. The number of hydrogen-bond acceptors (Lipinski definition) is 1. The van der Waals surface area contributed by atoms with Crippen molar-refractivity contribution in [3.8, 4) is 33.4 Å². The fraction of sp³-hybridized carbons (Fsp3) is 0. The summed E-state index contributed by atoms with van der Waals surface area (Å²) in [5, 5.41) is 14.8. The first-order valence-electron chi connectivity index (χ1n) is 17.6. The summed E-state index contributed by atoms with van der Waals surface area (Å²) in [5.41, 5.74) is 9.30. The predicted octanol–water partition coefficient (Wildman–Crippen LogP) is 14.4. The Bertz CT molecular complexity index is 3110. The van der Waals surface area contributed by atoms with Gasteiger partial charge in [-0.1, -0.05) is 158 Å². The lowest BCUT2D eigenvalue weighted by Crippen LogP contribution is -1.91. The van der Waals surface area contributed by atoms with E-state index in [9.17, 15) is 0 Å². The highest BCUT2D eigenvalue weighted by atomic mass is 16.3. The van der Waals surface area contributed by atoms with E-state index in [0.29, 0.717) is 0 Å². The Morgan fingerprint density at radius 2 is 0.647 bits per heavy atom. The molecule has 0 unspecified atom stereocenters. The highest BCUT2D eigenvalue weighted by Gasteiger charge is 2.19. The molecule has 0 spiro atoms. The van der Waals surface area contributed by atoms with Gasteiger partial charge >= 0.3 is 0 Å². The van der Waals surface area contributed by atoms with Gasteiger partial charge in [-0.05, 0) is 112 Å². The molecule has 10 aromatic carbocycles. The van der Waals surface area contributed by atoms with Crippen molar-refractivity contribution < 1.29 is 4.42 Å². The molecule has 1 aromatic heterocycles. The predicted molar refractivity (Wildman–Crippen MR) is 218 cm³/mol. The maximum Gasteiger partial charge on any atom is 0.136 e. The number of hydrogen-bond donors (Lipinski definition) is 0. The summed E-state index contributed by atoms with van der Waals surface area (Å²) in [6.45, 7) is 0. The average molecular weight is 647 g/mol. The molecule has 0 aliphatic heterocycles. The lowest BCUT2D eigenvalue weighted by atomic mass is 9.84. The third kappa shape index (κ3) is 4.22. The normalized spacial score (nSPS) is 11.9. The minimum atomic E-state index is 0.924. The minimum absolute atomic E-state index is 0.924. The molecule has 0 aliphatic rings. The smallest absolute Gasteiger partial charge is 0.136 e. The van der Waals surface area contributed by atoms with Crippen LogP contribution in [0.25, 0.3) is 109 Å². The first kappa shape index (κ1) is 28.2. The van der Waals surface area contributed by atoms with Crippen LogP contribution in [-0.2, 0) is 0 Å². The molecule has 11 rings (SSSR count). The van der Waals surface area contributed by atoms with E-state index in [4.69, 9.17) is 4.42 Å². The highest BCUT2D eigenvalue weighted by Crippen LogP contribution is 2.46. The fourth-order valence-electron chi connectivity index (χ4n) is 8.54. The van der Waals surface area contributed by atoms with Gasteiger partial charge < -0.3 is 4.42 Å². The lowest BCUT2D eigenvalue weighted by molar-refractivity contribution is 0.669. The van der Waals surface area contributed by atoms with Crippen molar-refractivity contribution in [3.63, 3.8) is 0 Å². The summed E-state index contributed by atoms with van der Waals surface area (Å²) in [6.07, 6.45) is 0. The molecule has 0 saturated heterocycles. The Balaban J connectivity index is 1.18. The summed E-state index contributed by atoms with van der Waals surface area (Å²) >= 11 is 0. The van der Waals surface area contributed by atoms with Crippen molar-refractivity contribution in [2.24, 2.45) is 0 Å². The molecule has 11 aromatic rings. The largest absolute Gasteiger partial charge is 0.456 e. The van der Waals surface area contributed by atoms with E-state index < -0.39 is 0 Å². The molecular weight excluding hydrogens is 617 g/mol. The zero-order valence-electron chi connectivity index (χ0n) is 27.7. The molecular formula is C50H30O. The van der Waals surface area contributed by atoms with Crippen LogP contribution in [0.2, 0.25) is 0 Å². The molecule has 0 bridgehead atoms. The average Bonchev–Trinajstić information content (AvgIpc) is 3.57. The van der Waals surface area contributed by atoms with Gasteiger partial charge in [-0.15, -0.1) is 0 Å². The molecule has 0 amide bonds. The maximum atomic E-state index is 6.35.